The van der Waals surface area contributed by atoms with Crippen LogP contribution in [0.5, 0.6) is 0 Å². The van der Waals surface area contributed by atoms with Gasteiger partial charge in [-0.1, -0.05) is 24.3 Å². The molecular formula is C20H15F2NO4. The average molecular weight is 371 g/mol. The van der Waals surface area contributed by atoms with E-state index in [1.807, 2.05) is 0 Å². The Hall–Kier alpha value is -3.48. The van der Waals surface area contributed by atoms with Gasteiger partial charge in [0.1, 0.15) is 0 Å². The van der Waals surface area contributed by atoms with E-state index in [2.05, 4.69) is 5.32 Å². The zero-order valence-electron chi connectivity index (χ0n) is 14.3. The minimum atomic E-state index is -1.06. The van der Waals surface area contributed by atoms with Crippen molar-refractivity contribution < 1.29 is 27.8 Å². The highest BCUT2D eigenvalue weighted by Crippen LogP contribution is 2.29. The standard InChI is InChI=1S/C20H15F2NO4/c1-2-26-20(25)17-18(24)16(11-12-8-9-14(21)15(22)10-12)27-19(17)23-13-6-4-3-5-7-13/h3-11,23H,2H2,1H3/b16-11-. The predicted molar refractivity (Wildman–Crippen MR) is 94.2 cm³/mol. The van der Waals surface area contributed by atoms with Gasteiger partial charge in [-0.05, 0) is 42.8 Å². The van der Waals surface area contributed by atoms with Gasteiger partial charge in [0.15, 0.2) is 23.0 Å². The van der Waals surface area contributed by atoms with Crippen LogP contribution in [0.2, 0.25) is 0 Å². The quantitative estimate of drug-likeness (QED) is 0.492. The second-order valence-electron chi connectivity index (χ2n) is 5.53. The van der Waals surface area contributed by atoms with E-state index in [-0.39, 0.29) is 29.4 Å². The number of rotatable bonds is 5. The van der Waals surface area contributed by atoms with Gasteiger partial charge in [0.25, 0.3) is 0 Å². The number of para-hydroxylation sites is 1. The average Bonchev–Trinajstić information content (AvgIpc) is 2.94. The summed E-state index contributed by atoms with van der Waals surface area (Å²) in [5.41, 5.74) is 0.507. The molecule has 2 aromatic carbocycles. The molecule has 3 rings (SSSR count). The number of ether oxygens (including phenoxy) is 2. The molecule has 0 aromatic heterocycles. The molecule has 1 aliphatic heterocycles. The number of Topliss-reactive ketones (excluding diaryl/α,β-unsaturated/α-hetero) is 1. The number of benzene rings is 2. The fourth-order valence-corrected chi connectivity index (χ4v) is 2.41. The molecule has 2 aromatic rings. The van der Waals surface area contributed by atoms with Gasteiger partial charge in [-0.2, -0.15) is 0 Å². The smallest absolute Gasteiger partial charge is 0.347 e. The van der Waals surface area contributed by atoms with E-state index in [9.17, 15) is 18.4 Å². The minimum Gasteiger partial charge on any atom is -0.462 e. The predicted octanol–water partition coefficient (Wildman–Crippen LogP) is 3.79. The van der Waals surface area contributed by atoms with Gasteiger partial charge < -0.3 is 14.8 Å². The fourth-order valence-electron chi connectivity index (χ4n) is 2.41. The second kappa shape index (κ2) is 7.82. The molecule has 0 spiro atoms. The first kappa shape index (κ1) is 18.3. The SMILES string of the molecule is CCOC(=O)C1=C(Nc2ccccc2)O/C(=C\c2ccc(F)c(F)c2)C1=O. The van der Waals surface area contributed by atoms with Gasteiger partial charge in [-0.25, -0.2) is 13.6 Å². The summed E-state index contributed by atoms with van der Waals surface area (Å²) in [7, 11) is 0. The number of ketones is 1. The number of esters is 1. The number of anilines is 1. The van der Waals surface area contributed by atoms with Gasteiger partial charge in [0.2, 0.25) is 11.7 Å². The summed E-state index contributed by atoms with van der Waals surface area (Å²) >= 11 is 0. The molecule has 0 amide bonds. The number of carbonyl (C=O) groups is 2. The third-order valence-corrected chi connectivity index (χ3v) is 3.64. The molecule has 0 radical (unpaired) electrons. The summed E-state index contributed by atoms with van der Waals surface area (Å²) in [6.07, 6.45) is 1.23. The summed E-state index contributed by atoms with van der Waals surface area (Å²) in [6.45, 7) is 1.69. The molecule has 0 unspecified atom stereocenters. The highest BCUT2D eigenvalue weighted by Gasteiger charge is 2.37. The molecule has 7 heteroatoms. The van der Waals surface area contributed by atoms with Gasteiger partial charge in [-0.15, -0.1) is 0 Å². The molecule has 0 atom stereocenters. The third kappa shape index (κ3) is 4.03. The Bertz CT molecular complexity index is 952. The van der Waals surface area contributed by atoms with Crippen LogP contribution in [-0.4, -0.2) is 18.4 Å². The van der Waals surface area contributed by atoms with Gasteiger partial charge in [0, 0.05) is 5.69 Å². The van der Waals surface area contributed by atoms with Crippen molar-refractivity contribution in [2.45, 2.75) is 6.92 Å². The fraction of sp³-hybridized carbons (Fsp3) is 0.100. The van der Waals surface area contributed by atoms with E-state index >= 15 is 0 Å². The monoisotopic (exact) mass is 371 g/mol. The Balaban J connectivity index is 1.95. The molecule has 1 heterocycles. The zero-order valence-corrected chi connectivity index (χ0v) is 14.3. The minimum absolute atomic E-state index is 0.0798. The molecule has 138 valence electrons. The summed E-state index contributed by atoms with van der Waals surface area (Å²) in [5, 5.41) is 2.86. The second-order valence-corrected chi connectivity index (χ2v) is 5.53. The Morgan fingerprint density at radius 2 is 1.89 bits per heavy atom. The number of hydrogen-bond acceptors (Lipinski definition) is 5. The molecule has 1 N–H and O–H groups in total. The first-order valence-corrected chi connectivity index (χ1v) is 8.12. The van der Waals surface area contributed by atoms with Crippen molar-refractivity contribution in [3.8, 4) is 0 Å². The maximum absolute atomic E-state index is 13.4. The van der Waals surface area contributed by atoms with Crippen LogP contribution in [0.15, 0.2) is 65.7 Å². The molecule has 27 heavy (non-hydrogen) atoms. The molecule has 5 nitrogen and oxygen atoms in total. The summed E-state index contributed by atoms with van der Waals surface area (Å²) in [4.78, 5) is 24.8. The molecule has 0 bridgehead atoms. The number of hydrogen-bond donors (Lipinski definition) is 1. The number of carbonyl (C=O) groups excluding carboxylic acids is 2. The van der Waals surface area contributed by atoms with Crippen LogP contribution in [0.3, 0.4) is 0 Å². The largest absolute Gasteiger partial charge is 0.462 e. The van der Waals surface area contributed by atoms with Crippen molar-refractivity contribution >= 4 is 23.5 Å². The lowest BCUT2D eigenvalue weighted by molar-refractivity contribution is -0.139. The Labute approximate surface area is 153 Å². The Kier molecular flexibility index (Phi) is 5.30. The van der Waals surface area contributed by atoms with Crippen LogP contribution in [-0.2, 0) is 19.1 Å². The number of allylic oxidation sites excluding steroid dienone is 1. The van der Waals surface area contributed by atoms with E-state index < -0.39 is 23.4 Å². The first-order valence-electron chi connectivity index (χ1n) is 8.12. The van der Waals surface area contributed by atoms with Crippen LogP contribution in [0.1, 0.15) is 12.5 Å². The molecule has 0 aliphatic carbocycles. The number of nitrogens with one attached hydrogen (secondary N) is 1. The lowest BCUT2D eigenvalue weighted by Crippen LogP contribution is -2.16. The van der Waals surface area contributed by atoms with Crippen LogP contribution in [0, 0.1) is 11.6 Å². The van der Waals surface area contributed by atoms with Crippen LogP contribution < -0.4 is 5.32 Å². The van der Waals surface area contributed by atoms with Crippen LogP contribution in [0.25, 0.3) is 6.08 Å². The maximum Gasteiger partial charge on any atom is 0.347 e. The van der Waals surface area contributed by atoms with E-state index in [1.165, 1.54) is 12.1 Å². The number of halogens is 2. The van der Waals surface area contributed by atoms with Gasteiger partial charge >= 0.3 is 5.97 Å². The van der Waals surface area contributed by atoms with E-state index in [1.54, 1.807) is 37.3 Å². The first-order chi connectivity index (χ1) is 13.0. The highest BCUT2D eigenvalue weighted by atomic mass is 19.2. The maximum atomic E-state index is 13.4. The van der Waals surface area contributed by atoms with Crippen molar-refractivity contribution in [3.63, 3.8) is 0 Å². The van der Waals surface area contributed by atoms with Gasteiger partial charge in [0.05, 0.1) is 6.61 Å². The van der Waals surface area contributed by atoms with E-state index in [0.29, 0.717) is 5.69 Å². The summed E-state index contributed by atoms with van der Waals surface area (Å²) < 4.78 is 36.9. The van der Waals surface area contributed by atoms with Crippen LogP contribution in [0.4, 0.5) is 14.5 Å². The van der Waals surface area contributed by atoms with E-state index in [4.69, 9.17) is 9.47 Å². The van der Waals surface area contributed by atoms with Crippen molar-refractivity contribution in [3.05, 3.63) is 82.9 Å². The lowest BCUT2D eigenvalue weighted by Gasteiger charge is -2.08. The Morgan fingerprint density at radius 1 is 1.15 bits per heavy atom. The van der Waals surface area contributed by atoms with Crippen LogP contribution >= 0.6 is 0 Å². The third-order valence-electron chi connectivity index (χ3n) is 3.64. The zero-order chi connectivity index (χ0) is 19.4. The molecule has 0 saturated heterocycles. The molecule has 0 saturated carbocycles. The highest BCUT2D eigenvalue weighted by molar-refractivity contribution is 6.26. The Morgan fingerprint density at radius 3 is 2.56 bits per heavy atom. The van der Waals surface area contributed by atoms with Crippen molar-refractivity contribution in [2.24, 2.45) is 0 Å². The normalized spacial score (nSPS) is 15.1. The van der Waals surface area contributed by atoms with Gasteiger partial charge in [-0.3, -0.25) is 4.79 Å². The van der Waals surface area contributed by atoms with E-state index in [0.717, 1.165) is 12.1 Å². The topological polar surface area (TPSA) is 64.6 Å². The molecule has 1 aliphatic rings. The van der Waals surface area contributed by atoms with Crippen molar-refractivity contribution in [1.82, 2.24) is 0 Å². The summed E-state index contributed by atoms with van der Waals surface area (Å²) in [5.74, 6) is -3.91. The van der Waals surface area contributed by atoms with Crippen molar-refractivity contribution in [2.75, 3.05) is 11.9 Å². The summed E-state index contributed by atoms with van der Waals surface area (Å²) in [6, 6.07) is 11.9. The molecular weight excluding hydrogens is 356 g/mol. The van der Waals surface area contributed by atoms with Crippen molar-refractivity contribution in [1.29, 1.82) is 0 Å². The molecule has 0 fully saturated rings. The lowest BCUT2D eigenvalue weighted by atomic mass is 10.1.